The maximum atomic E-state index is 13.1. The van der Waals surface area contributed by atoms with Gasteiger partial charge in [0.1, 0.15) is 11.7 Å². The van der Waals surface area contributed by atoms with Crippen molar-refractivity contribution in [1.29, 1.82) is 0 Å². The van der Waals surface area contributed by atoms with Crippen molar-refractivity contribution >= 4 is 22.0 Å². The summed E-state index contributed by atoms with van der Waals surface area (Å²) >= 11 is 0. The maximum absolute atomic E-state index is 13.1. The van der Waals surface area contributed by atoms with E-state index < -0.39 is 43.6 Å². The van der Waals surface area contributed by atoms with Crippen LogP contribution in [0.1, 0.15) is 50.9 Å². The molecule has 3 aliphatic rings. The summed E-state index contributed by atoms with van der Waals surface area (Å²) in [6, 6.07) is 4.37. The molecule has 0 aromatic heterocycles. The minimum Gasteiger partial charge on any atom is -0.453 e. The number of benzene rings is 1. The Morgan fingerprint density at radius 1 is 1.17 bits per heavy atom. The highest BCUT2D eigenvalue weighted by molar-refractivity contribution is 7.86. The lowest BCUT2D eigenvalue weighted by atomic mass is 9.67. The van der Waals surface area contributed by atoms with Gasteiger partial charge >= 0.3 is 16.2 Å². The largest absolute Gasteiger partial charge is 0.453 e. The van der Waals surface area contributed by atoms with Crippen molar-refractivity contribution in [2.75, 3.05) is 0 Å². The fourth-order valence-corrected chi connectivity index (χ4v) is 5.32. The van der Waals surface area contributed by atoms with Crippen LogP contribution in [0.25, 0.3) is 0 Å². The predicted octanol–water partition coefficient (Wildman–Crippen LogP) is 3.27. The van der Waals surface area contributed by atoms with Crippen LogP contribution in [0.2, 0.25) is 0 Å². The lowest BCUT2D eigenvalue weighted by Crippen LogP contribution is -2.50. The average molecular weight is 434 g/mol. The second-order valence-corrected chi connectivity index (χ2v) is 10.5. The number of aliphatic hydroxyl groups is 1. The number of rotatable bonds is 3. The maximum Gasteiger partial charge on any atom is 0.338 e. The molecule has 1 fully saturated rings. The van der Waals surface area contributed by atoms with E-state index in [0.29, 0.717) is 24.0 Å². The zero-order chi connectivity index (χ0) is 22.3. The summed E-state index contributed by atoms with van der Waals surface area (Å²) in [5.41, 5.74) is -0.841. The lowest BCUT2D eigenvalue weighted by molar-refractivity contribution is -0.138. The third-order valence-corrected chi connectivity index (χ3v) is 7.67. The van der Waals surface area contributed by atoms with Gasteiger partial charge in [-0.25, -0.2) is 4.79 Å². The van der Waals surface area contributed by atoms with Crippen LogP contribution in [-0.4, -0.2) is 37.0 Å². The van der Waals surface area contributed by atoms with Gasteiger partial charge in [0.05, 0.1) is 10.5 Å². The molecule has 3 aliphatic carbocycles. The summed E-state index contributed by atoms with van der Waals surface area (Å²) in [6.07, 6.45) is 2.39. The number of carbonyl (C=O) groups is 2. The zero-order valence-corrected chi connectivity index (χ0v) is 18.0. The monoisotopic (exact) mass is 434 g/mol. The summed E-state index contributed by atoms with van der Waals surface area (Å²) in [7, 11) is -4.86. The van der Waals surface area contributed by atoms with Gasteiger partial charge in [-0.15, -0.1) is 3.89 Å². The first kappa shape index (κ1) is 20.9. The normalized spacial score (nSPS) is 28.9. The van der Waals surface area contributed by atoms with Gasteiger partial charge in [-0.3, -0.25) is 4.79 Å². The number of Topliss-reactive ketones (excluding diaryl/α,β-unsaturated/α-hetero) is 1. The van der Waals surface area contributed by atoms with Crippen LogP contribution in [0.3, 0.4) is 0 Å². The zero-order valence-electron chi connectivity index (χ0n) is 17.2. The molecule has 1 aromatic carbocycles. The SMILES string of the molecule is CC1=C2C(=CC(C)(C)[C@@H]2OC(=O)c2ccc(S(=O)(=O)F)cc2)C(=O)C(C)(O)C12CC2. The van der Waals surface area contributed by atoms with E-state index in [1.165, 1.54) is 12.1 Å². The molecule has 0 saturated heterocycles. The summed E-state index contributed by atoms with van der Waals surface area (Å²) in [4.78, 5) is 25.3. The molecular weight excluding hydrogens is 411 g/mol. The molecule has 2 atom stereocenters. The molecule has 1 spiro atoms. The Bertz CT molecular complexity index is 1130. The van der Waals surface area contributed by atoms with Gasteiger partial charge in [0.15, 0.2) is 5.78 Å². The summed E-state index contributed by atoms with van der Waals surface area (Å²) in [5.74, 6) is -1.06. The third-order valence-electron chi connectivity index (χ3n) is 6.83. The Morgan fingerprint density at radius 2 is 1.73 bits per heavy atom. The number of ketones is 1. The van der Waals surface area contributed by atoms with E-state index in [1.54, 1.807) is 13.0 Å². The van der Waals surface area contributed by atoms with Crippen LogP contribution in [0.4, 0.5) is 3.89 Å². The van der Waals surface area contributed by atoms with E-state index in [-0.39, 0.29) is 11.3 Å². The summed E-state index contributed by atoms with van der Waals surface area (Å²) in [6.45, 7) is 7.12. The summed E-state index contributed by atoms with van der Waals surface area (Å²) < 4.78 is 40.8. The van der Waals surface area contributed by atoms with Crippen LogP contribution >= 0.6 is 0 Å². The van der Waals surface area contributed by atoms with Gasteiger partial charge in [0.25, 0.3) is 0 Å². The van der Waals surface area contributed by atoms with Gasteiger partial charge in [0.2, 0.25) is 0 Å². The number of hydrogen-bond donors (Lipinski definition) is 1. The van der Waals surface area contributed by atoms with Crippen molar-refractivity contribution in [3.05, 3.63) is 52.6 Å². The predicted molar refractivity (Wildman–Crippen MR) is 106 cm³/mol. The van der Waals surface area contributed by atoms with Crippen LogP contribution < -0.4 is 0 Å². The van der Waals surface area contributed by atoms with E-state index in [4.69, 9.17) is 4.74 Å². The molecule has 160 valence electrons. The Morgan fingerprint density at radius 3 is 2.23 bits per heavy atom. The van der Waals surface area contributed by atoms with E-state index >= 15 is 0 Å². The van der Waals surface area contributed by atoms with Gasteiger partial charge in [-0.2, -0.15) is 8.42 Å². The second-order valence-electron chi connectivity index (χ2n) is 9.15. The van der Waals surface area contributed by atoms with Gasteiger partial charge < -0.3 is 9.84 Å². The van der Waals surface area contributed by atoms with Gasteiger partial charge in [0, 0.05) is 22.0 Å². The highest BCUT2D eigenvalue weighted by Gasteiger charge is 2.66. The van der Waals surface area contributed by atoms with Crippen LogP contribution in [0.15, 0.2) is 52.0 Å². The van der Waals surface area contributed by atoms with E-state index in [0.717, 1.165) is 17.7 Å². The Kier molecular flexibility index (Phi) is 4.26. The molecule has 4 rings (SSSR count). The van der Waals surface area contributed by atoms with Gasteiger partial charge in [-0.1, -0.05) is 25.5 Å². The first-order valence-electron chi connectivity index (χ1n) is 9.70. The van der Waals surface area contributed by atoms with Crippen molar-refractivity contribution in [1.82, 2.24) is 0 Å². The molecule has 0 radical (unpaired) electrons. The van der Waals surface area contributed by atoms with Crippen molar-refractivity contribution in [3.63, 3.8) is 0 Å². The fourth-order valence-electron chi connectivity index (χ4n) is 4.85. The third kappa shape index (κ3) is 2.80. The summed E-state index contributed by atoms with van der Waals surface area (Å²) in [5, 5.41) is 10.9. The van der Waals surface area contributed by atoms with Gasteiger partial charge in [-0.05, 0) is 51.0 Å². The molecule has 1 aromatic rings. The highest BCUT2D eigenvalue weighted by atomic mass is 32.3. The van der Waals surface area contributed by atoms with Crippen molar-refractivity contribution in [2.24, 2.45) is 10.8 Å². The van der Waals surface area contributed by atoms with Crippen molar-refractivity contribution in [2.45, 2.75) is 57.1 Å². The quantitative estimate of drug-likeness (QED) is 0.579. The molecule has 0 aliphatic heterocycles. The topological polar surface area (TPSA) is 97.7 Å². The molecule has 1 saturated carbocycles. The minimum atomic E-state index is -4.86. The smallest absolute Gasteiger partial charge is 0.338 e. The Hall–Kier alpha value is -2.32. The number of esters is 1. The van der Waals surface area contributed by atoms with Crippen LogP contribution in [0.5, 0.6) is 0 Å². The molecule has 0 heterocycles. The highest BCUT2D eigenvalue weighted by Crippen LogP contribution is 2.65. The lowest BCUT2D eigenvalue weighted by Gasteiger charge is -2.40. The Labute approximate surface area is 174 Å². The Balaban J connectivity index is 1.70. The van der Waals surface area contributed by atoms with E-state index in [1.807, 2.05) is 20.8 Å². The van der Waals surface area contributed by atoms with E-state index in [9.17, 15) is 27.0 Å². The molecule has 0 amide bonds. The number of halogens is 1. The molecule has 0 bridgehead atoms. The van der Waals surface area contributed by atoms with Crippen molar-refractivity contribution in [3.8, 4) is 0 Å². The van der Waals surface area contributed by atoms with Crippen LogP contribution in [0, 0.1) is 10.8 Å². The number of carbonyl (C=O) groups excluding carboxylic acids is 2. The molecule has 1 unspecified atom stereocenters. The fraction of sp³-hybridized carbons (Fsp3) is 0.455. The van der Waals surface area contributed by atoms with E-state index in [2.05, 4.69) is 0 Å². The molecule has 30 heavy (non-hydrogen) atoms. The second kappa shape index (κ2) is 6.11. The van der Waals surface area contributed by atoms with Crippen molar-refractivity contribution < 1.29 is 31.7 Å². The first-order valence-corrected chi connectivity index (χ1v) is 11.1. The number of ether oxygens (including phenoxy) is 1. The number of fused-ring (bicyclic) bond motifs is 1. The molecule has 6 nitrogen and oxygen atoms in total. The molecule has 1 N–H and O–H groups in total. The first-order chi connectivity index (χ1) is 13.7. The van der Waals surface area contributed by atoms with Crippen LogP contribution in [-0.2, 0) is 19.8 Å². The standard InChI is InChI=1S/C22H23FO6S/c1-12-16-15(17(24)21(4,26)22(12)9-10-22)11-20(2,3)18(16)29-19(25)13-5-7-14(8-6-13)30(23,27)28/h5-8,11,18,26H,9-10H2,1-4H3/t18-,21?/m1/s1. The minimum absolute atomic E-state index is 0.0696. The molecular formula is C22H23FO6S. The average Bonchev–Trinajstić information content (AvgIpc) is 3.42. The molecule has 8 heteroatoms. The number of hydrogen-bond acceptors (Lipinski definition) is 6.